The van der Waals surface area contributed by atoms with Crippen LogP contribution in [0.3, 0.4) is 0 Å². The van der Waals surface area contributed by atoms with Crippen LogP contribution in [0.25, 0.3) is 0 Å². The Morgan fingerprint density at radius 1 is 1.33 bits per heavy atom. The molecular weight excluding hydrogens is 210 g/mol. The molecule has 0 saturated heterocycles. The molecule has 15 heavy (non-hydrogen) atoms. The molecule has 84 valence electrons. The van der Waals surface area contributed by atoms with Crippen molar-refractivity contribution in [3.05, 3.63) is 34.9 Å². The van der Waals surface area contributed by atoms with Crippen molar-refractivity contribution >= 4 is 11.6 Å². The lowest BCUT2D eigenvalue weighted by Crippen LogP contribution is -2.28. The highest BCUT2D eigenvalue weighted by Gasteiger charge is 2.09. The SMILES string of the molecule is COC(C)CNC(C)c1ccccc1Cl. The van der Waals surface area contributed by atoms with Gasteiger partial charge in [0, 0.05) is 24.7 Å². The highest BCUT2D eigenvalue weighted by Crippen LogP contribution is 2.21. The van der Waals surface area contributed by atoms with E-state index in [1.54, 1.807) is 7.11 Å². The minimum atomic E-state index is 0.218. The van der Waals surface area contributed by atoms with Gasteiger partial charge in [-0.3, -0.25) is 0 Å². The van der Waals surface area contributed by atoms with Gasteiger partial charge in [0.15, 0.2) is 0 Å². The fraction of sp³-hybridized carbons (Fsp3) is 0.500. The van der Waals surface area contributed by atoms with Crippen molar-refractivity contribution < 1.29 is 4.74 Å². The fourth-order valence-corrected chi connectivity index (χ4v) is 1.66. The molecule has 1 aromatic carbocycles. The van der Waals surface area contributed by atoms with Crippen molar-refractivity contribution in [3.8, 4) is 0 Å². The first-order valence-corrected chi connectivity index (χ1v) is 5.53. The Morgan fingerprint density at radius 2 is 2.00 bits per heavy atom. The third-order valence-corrected chi connectivity index (χ3v) is 2.83. The van der Waals surface area contributed by atoms with Crippen LogP contribution in [-0.4, -0.2) is 19.8 Å². The van der Waals surface area contributed by atoms with E-state index >= 15 is 0 Å². The number of hydrogen-bond donors (Lipinski definition) is 1. The zero-order chi connectivity index (χ0) is 11.3. The van der Waals surface area contributed by atoms with Crippen LogP contribution in [0.4, 0.5) is 0 Å². The molecule has 0 spiro atoms. The molecule has 0 heterocycles. The molecule has 1 aromatic rings. The summed E-state index contributed by atoms with van der Waals surface area (Å²) in [6, 6.07) is 8.14. The Hall–Kier alpha value is -0.570. The first-order chi connectivity index (χ1) is 7.15. The molecule has 2 unspecified atom stereocenters. The molecule has 0 radical (unpaired) electrons. The summed E-state index contributed by atoms with van der Waals surface area (Å²) in [5.41, 5.74) is 1.13. The van der Waals surface area contributed by atoms with E-state index in [9.17, 15) is 0 Å². The standard InChI is InChI=1S/C12H18ClNO/c1-9(15-3)8-14-10(2)11-6-4-5-7-12(11)13/h4-7,9-10,14H,8H2,1-3H3. The average molecular weight is 228 g/mol. The normalized spacial score (nSPS) is 14.9. The molecule has 0 amide bonds. The molecule has 0 aromatic heterocycles. The maximum absolute atomic E-state index is 6.10. The van der Waals surface area contributed by atoms with Gasteiger partial charge in [0.05, 0.1) is 6.10 Å². The van der Waals surface area contributed by atoms with Gasteiger partial charge in [0.25, 0.3) is 0 Å². The van der Waals surface area contributed by atoms with Crippen LogP contribution >= 0.6 is 11.6 Å². The van der Waals surface area contributed by atoms with Gasteiger partial charge in [-0.05, 0) is 25.5 Å². The molecule has 3 heteroatoms. The van der Waals surface area contributed by atoms with Crippen molar-refractivity contribution in [2.45, 2.75) is 26.0 Å². The van der Waals surface area contributed by atoms with E-state index in [0.717, 1.165) is 17.1 Å². The summed E-state index contributed by atoms with van der Waals surface area (Å²) in [4.78, 5) is 0. The second-order valence-corrected chi connectivity index (χ2v) is 4.10. The van der Waals surface area contributed by atoms with Crippen molar-refractivity contribution in [2.75, 3.05) is 13.7 Å². The van der Waals surface area contributed by atoms with Gasteiger partial charge in [-0.1, -0.05) is 29.8 Å². The van der Waals surface area contributed by atoms with E-state index in [4.69, 9.17) is 16.3 Å². The largest absolute Gasteiger partial charge is 0.380 e. The number of halogens is 1. The third kappa shape index (κ3) is 3.82. The molecule has 2 nitrogen and oxygen atoms in total. The zero-order valence-corrected chi connectivity index (χ0v) is 10.2. The number of ether oxygens (including phenoxy) is 1. The Kier molecular flexibility index (Phi) is 5.09. The lowest BCUT2D eigenvalue weighted by Gasteiger charge is -2.18. The Balaban J connectivity index is 2.54. The minimum absolute atomic E-state index is 0.218. The molecule has 0 bridgehead atoms. The van der Waals surface area contributed by atoms with Crippen LogP contribution in [0, 0.1) is 0 Å². The maximum atomic E-state index is 6.10. The third-order valence-electron chi connectivity index (χ3n) is 2.49. The highest BCUT2D eigenvalue weighted by atomic mass is 35.5. The molecule has 0 aliphatic rings. The molecule has 0 fully saturated rings. The average Bonchev–Trinajstić information content (AvgIpc) is 2.26. The minimum Gasteiger partial charge on any atom is -0.380 e. The zero-order valence-electron chi connectivity index (χ0n) is 9.46. The number of rotatable bonds is 5. The quantitative estimate of drug-likeness (QED) is 0.835. The number of nitrogens with one attached hydrogen (secondary N) is 1. The van der Waals surface area contributed by atoms with Gasteiger partial charge < -0.3 is 10.1 Å². The second kappa shape index (κ2) is 6.11. The van der Waals surface area contributed by atoms with Crippen molar-refractivity contribution in [3.63, 3.8) is 0 Å². The van der Waals surface area contributed by atoms with Crippen LogP contribution in [0.15, 0.2) is 24.3 Å². The van der Waals surface area contributed by atoms with Gasteiger partial charge in [-0.15, -0.1) is 0 Å². The van der Waals surface area contributed by atoms with E-state index in [1.165, 1.54) is 0 Å². The van der Waals surface area contributed by atoms with Crippen LogP contribution in [0.5, 0.6) is 0 Å². The summed E-state index contributed by atoms with van der Waals surface area (Å²) >= 11 is 6.10. The van der Waals surface area contributed by atoms with Gasteiger partial charge >= 0.3 is 0 Å². The van der Waals surface area contributed by atoms with Crippen LogP contribution in [-0.2, 0) is 4.74 Å². The molecular formula is C12H18ClNO. The fourth-order valence-electron chi connectivity index (χ4n) is 1.36. The lowest BCUT2D eigenvalue weighted by molar-refractivity contribution is 0.115. The summed E-state index contributed by atoms with van der Waals surface area (Å²) in [5, 5.41) is 4.19. The summed E-state index contributed by atoms with van der Waals surface area (Å²) in [6.07, 6.45) is 0.218. The van der Waals surface area contributed by atoms with E-state index in [0.29, 0.717) is 0 Å². The highest BCUT2D eigenvalue weighted by molar-refractivity contribution is 6.31. The summed E-state index contributed by atoms with van der Waals surface area (Å²) in [7, 11) is 1.71. The Morgan fingerprint density at radius 3 is 2.60 bits per heavy atom. The van der Waals surface area contributed by atoms with E-state index in [1.807, 2.05) is 31.2 Å². The van der Waals surface area contributed by atoms with E-state index in [2.05, 4.69) is 12.2 Å². The van der Waals surface area contributed by atoms with E-state index in [-0.39, 0.29) is 12.1 Å². The molecule has 0 aliphatic carbocycles. The Labute approximate surface area is 96.6 Å². The molecule has 1 N–H and O–H groups in total. The molecule has 2 atom stereocenters. The number of benzene rings is 1. The maximum Gasteiger partial charge on any atom is 0.0667 e. The van der Waals surface area contributed by atoms with Crippen molar-refractivity contribution in [1.29, 1.82) is 0 Å². The Bertz CT molecular complexity index is 303. The first kappa shape index (κ1) is 12.5. The predicted octanol–water partition coefficient (Wildman–Crippen LogP) is 3.03. The van der Waals surface area contributed by atoms with Gasteiger partial charge in [0.1, 0.15) is 0 Å². The van der Waals surface area contributed by atoms with Crippen LogP contribution in [0.1, 0.15) is 25.5 Å². The first-order valence-electron chi connectivity index (χ1n) is 5.15. The van der Waals surface area contributed by atoms with Crippen molar-refractivity contribution in [2.24, 2.45) is 0 Å². The number of hydrogen-bond acceptors (Lipinski definition) is 2. The summed E-state index contributed by atoms with van der Waals surface area (Å²) in [5.74, 6) is 0. The molecule has 0 aliphatic heterocycles. The number of methoxy groups -OCH3 is 1. The van der Waals surface area contributed by atoms with Crippen LogP contribution in [0.2, 0.25) is 5.02 Å². The van der Waals surface area contributed by atoms with Crippen LogP contribution < -0.4 is 5.32 Å². The smallest absolute Gasteiger partial charge is 0.0667 e. The second-order valence-electron chi connectivity index (χ2n) is 3.70. The van der Waals surface area contributed by atoms with Gasteiger partial charge in [-0.2, -0.15) is 0 Å². The molecule has 1 rings (SSSR count). The predicted molar refractivity (Wildman–Crippen MR) is 64.3 cm³/mol. The van der Waals surface area contributed by atoms with Crippen molar-refractivity contribution in [1.82, 2.24) is 5.32 Å². The monoisotopic (exact) mass is 227 g/mol. The van der Waals surface area contributed by atoms with E-state index < -0.39 is 0 Å². The summed E-state index contributed by atoms with van der Waals surface area (Å²) < 4.78 is 5.17. The van der Waals surface area contributed by atoms with Gasteiger partial charge in [0.2, 0.25) is 0 Å². The topological polar surface area (TPSA) is 21.3 Å². The summed E-state index contributed by atoms with van der Waals surface area (Å²) in [6.45, 7) is 4.96. The van der Waals surface area contributed by atoms with Gasteiger partial charge in [-0.25, -0.2) is 0 Å². The molecule has 0 saturated carbocycles. The lowest BCUT2D eigenvalue weighted by atomic mass is 10.1.